The highest BCUT2D eigenvalue weighted by molar-refractivity contribution is 5.94. The van der Waals surface area contributed by atoms with Crippen LogP contribution < -0.4 is 15.8 Å². The number of rotatable bonds is 3. The number of fused-ring (bicyclic) bond motifs is 1. The Morgan fingerprint density at radius 2 is 2.18 bits per heavy atom. The molecule has 0 saturated carbocycles. The topological polar surface area (TPSA) is 64.3 Å². The average Bonchev–Trinajstić information content (AvgIpc) is 2.26. The third-order valence-electron chi connectivity index (χ3n) is 2.70. The van der Waals surface area contributed by atoms with Gasteiger partial charge in [-0.1, -0.05) is 13.8 Å². The zero-order valence-corrected chi connectivity index (χ0v) is 10.2. The van der Waals surface area contributed by atoms with Gasteiger partial charge in [-0.25, -0.2) is 0 Å². The minimum absolute atomic E-state index is 0.0529. The van der Waals surface area contributed by atoms with Crippen LogP contribution in [0, 0.1) is 5.92 Å². The zero-order chi connectivity index (χ0) is 12.4. The highest BCUT2D eigenvalue weighted by Crippen LogP contribution is 2.32. The first-order valence-corrected chi connectivity index (χ1v) is 5.91. The van der Waals surface area contributed by atoms with Crippen molar-refractivity contribution in [3.8, 4) is 5.75 Å². The van der Waals surface area contributed by atoms with Crippen molar-refractivity contribution in [3.63, 3.8) is 0 Å². The van der Waals surface area contributed by atoms with Crippen LogP contribution in [0.15, 0.2) is 12.1 Å². The Labute approximate surface area is 101 Å². The van der Waals surface area contributed by atoms with Gasteiger partial charge in [0.1, 0.15) is 5.75 Å². The van der Waals surface area contributed by atoms with Crippen LogP contribution in [0.4, 0.5) is 11.4 Å². The molecule has 1 aromatic rings. The molecule has 0 bridgehead atoms. The van der Waals surface area contributed by atoms with Gasteiger partial charge in [0.2, 0.25) is 5.91 Å². The predicted octanol–water partition coefficient (Wildman–Crippen LogP) is 2.19. The number of ether oxygens (including phenoxy) is 1. The summed E-state index contributed by atoms with van der Waals surface area (Å²) < 4.78 is 5.62. The standard InChI is InChI=1S/C13H18N2O2/c1-8(2)7-17-12-6-11-9(5-10(12)14)3-4-13(16)15-11/h5-6,8H,3-4,7,14H2,1-2H3,(H,15,16). The van der Waals surface area contributed by atoms with Crippen LogP contribution in [0.25, 0.3) is 0 Å². The van der Waals surface area contributed by atoms with Crippen molar-refractivity contribution in [2.75, 3.05) is 17.7 Å². The Kier molecular flexibility index (Phi) is 3.22. The number of nitrogens with two attached hydrogens (primary N) is 1. The fourth-order valence-corrected chi connectivity index (χ4v) is 1.81. The zero-order valence-electron chi connectivity index (χ0n) is 10.2. The number of carbonyl (C=O) groups is 1. The van der Waals surface area contributed by atoms with Crippen molar-refractivity contribution in [1.82, 2.24) is 0 Å². The Morgan fingerprint density at radius 1 is 1.41 bits per heavy atom. The van der Waals surface area contributed by atoms with Crippen LogP contribution in [0.5, 0.6) is 5.75 Å². The molecule has 1 aliphatic rings. The number of nitrogen functional groups attached to an aromatic ring is 1. The van der Waals surface area contributed by atoms with Crippen LogP contribution in [0.3, 0.4) is 0 Å². The number of benzene rings is 1. The van der Waals surface area contributed by atoms with Crippen molar-refractivity contribution in [1.29, 1.82) is 0 Å². The Balaban J connectivity index is 2.23. The SMILES string of the molecule is CC(C)COc1cc2c(cc1N)CCC(=O)N2. The number of nitrogens with one attached hydrogen (secondary N) is 1. The maximum Gasteiger partial charge on any atom is 0.224 e. The van der Waals surface area contributed by atoms with Crippen molar-refractivity contribution in [2.45, 2.75) is 26.7 Å². The second-order valence-electron chi connectivity index (χ2n) is 4.80. The molecule has 1 aromatic carbocycles. The summed E-state index contributed by atoms with van der Waals surface area (Å²) in [5.74, 6) is 1.15. The van der Waals surface area contributed by atoms with Crippen molar-refractivity contribution in [3.05, 3.63) is 17.7 Å². The quantitative estimate of drug-likeness (QED) is 0.788. The van der Waals surface area contributed by atoms with Crippen LogP contribution >= 0.6 is 0 Å². The second-order valence-corrected chi connectivity index (χ2v) is 4.80. The van der Waals surface area contributed by atoms with Gasteiger partial charge in [-0.15, -0.1) is 0 Å². The minimum Gasteiger partial charge on any atom is -0.491 e. The highest BCUT2D eigenvalue weighted by atomic mass is 16.5. The molecule has 92 valence electrons. The fraction of sp³-hybridized carbons (Fsp3) is 0.462. The summed E-state index contributed by atoms with van der Waals surface area (Å²) in [6, 6.07) is 3.72. The van der Waals surface area contributed by atoms with Crippen LogP contribution in [0.2, 0.25) is 0 Å². The largest absolute Gasteiger partial charge is 0.491 e. The first-order valence-electron chi connectivity index (χ1n) is 5.91. The van der Waals surface area contributed by atoms with Crippen molar-refractivity contribution in [2.24, 2.45) is 5.92 Å². The summed E-state index contributed by atoms with van der Waals surface area (Å²) in [6.45, 7) is 4.78. The normalized spacial score (nSPS) is 14.4. The van der Waals surface area contributed by atoms with Crippen LogP contribution in [-0.4, -0.2) is 12.5 Å². The minimum atomic E-state index is 0.0529. The van der Waals surface area contributed by atoms with Gasteiger partial charge in [0.25, 0.3) is 0 Å². The number of anilines is 2. The smallest absolute Gasteiger partial charge is 0.224 e. The Morgan fingerprint density at radius 3 is 2.88 bits per heavy atom. The molecular formula is C13H18N2O2. The Bertz CT molecular complexity index is 441. The molecular weight excluding hydrogens is 216 g/mol. The lowest BCUT2D eigenvalue weighted by Gasteiger charge is -2.19. The molecule has 1 amide bonds. The van der Waals surface area contributed by atoms with E-state index in [0.717, 1.165) is 17.7 Å². The lowest BCUT2D eigenvalue weighted by molar-refractivity contribution is -0.116. The maximum atomic E-state index is 11.3. The van der Waals surface area contributed by atoms with Gasteiger partial charge in [-0.2, -0.15) is 0 Å². The van der Waals surface area contributed by atoms with Gasteiger partial charge in [0, 0.05) is 18.2 Å². The molecule has 1 aliphatic heterocycles. The molecule has 1 heterocycles. The lowest BCUT2D eigenvalue weighted by Crippen LogP contribution is -2.19. The second kappa shape index (κ2) is 4.65. The van der Waals surface area contributed by atoms with E-state index in [1.54, 1.807) is 0 Å². The van der Waals surface area contributed by atoms with Crippen molar-refractivity contribution < 1.29 is 9.53 Å². The van der Waals surface area contributed by atoms with E-state index in [-0.39, 0.29) is 5.91 Å². The van der Waals surface area contributed by atoms with E-state index in [1.807, 2.05) is 12.1 Å². The number of hydrogen-bond donors (Lipinski definition) is 2. The summed E-state index contributed by atoms with van der Waals surface area (Å²) in [6.07, 6.45) is 1.27. The summed E-state index contributed by atoms with van der Waals surface area (Å²) in [4.78, 5) is 11.3. The molecule has 0 fully saturated rings. The van der Waals surface area contributed by atoms with Crippen LogP contribution in [-0.2, 0) is 11.2 Å². The van der Waals surface area contributed by atoms with E-state index in [4.69, 9.17) is 10.5 Å². The van der Waals surface area contributed by atoms with Gasteiger partial charge in [0.15, 0.2) is 0 Å². The van der Waals surface area contributed by atoms with E-state index in [0.29, 0.717) is 30.4 Å². The highest BCUT2D eigenvalue weighted by Gasteiger charge is 2.17. The molecule has 3 N–H and O–H groups in total. The fourth-order valence-electron chi connectivity index (χ4n) is 1.81. The molecule has 0 saturated heterocycles. The van der Waals surface area contributed by atoms with Crippen molar-refractivity contribution >= 4 is 17.3 Å². The summed E-state index contributed by atoms with van der Waals surface area (Å²) in [5.41, 5.74) is 8.48. The number of carbonyl (C=O) groups excluding carboxylic acids is 1. The summed E-state index contributed by atoms with van der Waals surface area (Å²) in [5, 5.41) is 2.84. The molecule has 0 atom stereocenters. The van der Waals surface area contributed by atoms with E-state index >= 15 is 0 Å². The van der Waals surface area contributed by atoms with E-state index in [2.05, 4.69) is 19.2 Å². The van der Waals surface area contributed by atoms with E-state index in [1.165, 1.54) is 0 Å². The first kappa shape index (κ1) is 11.8. The third-order valence-corrected chi connectivity index (χ3v) is 2.70. The molecule has 0 spiro atoms. The van der Waals surface area contributed by atoms with E-state index < -0.39 is 0 Å². The number of aryl methyl sites for hydroxylation is 1. The molecule has 0 unspecified atom stereocenters. The number of amides is 1. The average molecular weight is 234 g/mol. The molecule has 0 aromatic heterocycles. The summed E-state index contributed by atoms with van der Waals surface area (Å²) >= 11 is 0. The van der Waals surface area contributed by atoms with Gasteiger partial charge >= 0.3 is 0 Å². The van der Waals surface area contributed by atoms with Gasteiger partial charge in [-0.3, -0.25) is 4.79 Å². The Hall–Kier alpha value is -1.71. The third kappa shape index (κ3) is 2.70. The monoisotopic (exact) mass is 234 g/mol. The van der Waals surface area contributed by atoms with Gasteiger partial charge in [-0.05, 0) is 24.0 Å². The molecule has 4 heteroatoms. The molecule has 17 heavy (non-hydrogen) atoms. The molecule has 2 rings (SSSR count). The van der Waals surface area contributed by atoms with Gasteiger partial charge in [0.05, 0.1) is 12.3 Å². The predicted molar refractivity (Wildman–Crippen MR) is 68.1 cm³/mol. The lowest BCUT2D eigenvalue weighted by atomic mass is 10.0. The molecule has 0 aliphatic carbocycles. The van der Waals surface area contributed by atoms with Gasteiger partial charge < -0.3 is 15.8 Å². The summed E-state index contributed by atoms with van der Waals surface area (Å²) in [7, 11) is 0. The maximum absolute atomic E-state index is 11.3. The van der Waals surface area contributed by atoms with E-state index in [9.17, 15) is 4.79 Å². The molecule has 4 nitrogen and oxygen atoms in total. The first-order chi connectivity index (χ1) is 8.06. The number of hydrogen-bond acceptors (Lipinski definition) is 3. The molecule has 0 radical (unpaired) electrons. The van der Waals surface area contributed by atoms with Crippen LogP contribution in [0.1, 0.15) is 25.8 Å².